The number of carbonyl (C=O) groups excluding carboxylic acids is 2. The van der Waals surface area contributed by atoms with E-state index < -0.39 is 5.97 Å². The van der Waals surface area contributed by atoms with Gasteiger partial charge >= 0.3 is 5.97 Å². The molecule has 0 spiro atoms. The third kappa shape index (κ3) is 5.48. The summed E-state index contributed by atoms with van der Waals surface area (Å²) in [7, 11) is 1.32. The van der Waals surface area contributed by atoms with E-state index in [0.29, 0.717) is 24.1 Å². The average molecular weight is 342 g/mol. The number of amides is 1. The van der Waals surface area contributed by atoms with Gasteiger partial charge in [-0.15, -0.1) is 0 Å². The second kappa shape index (κ2) is 8.79. The predicted octanol–water partition coefficient (Wildman–Crippen LogP) is 2.92. The Morgan fingerprint density at radius 1 is 1.08 bits per heavy atom. The van der Waals surface area contributed by atoms with Crippen molar-refractivity contribution in [1.29, 1.82) is 0 Å². The van der Waals surface area contributed by atoms with Crippen LogP contribution in [0.25, 0.3) is 0 Å². The fourth-order valence-electron chi connectivity index (χ4n) is 2.10. The SMILES string of the molecule is COC(=O)c1cccc(NC(=S)NC(=O)CCc2ccccc2)c1. The van der Waals surface area contributed by atoms with Crippen LogP contribution in [0.1, 0.15) is 22.3 Å². The number of rotatable bonds is 5. The molecule has 0 unspecified atom stereocenters. The summed E-state index contributed by atoms with van der Waals surface area (Å²) in [6, 6.07) is 16.5. The van der Waals surface area contributed by atoms with Crippen LogP contribution in [0.4, 0.5) is 5.69 Å². The molecule has 6 heteroatoms. The van der Waals surface area contributed by atoms with Gasteiger partial charge in [-0.25, -0.2) is 4.79 Å². The molecule has 0 aliphatic carbocycles. The van der Waals surface area contributed by atoms with Gasteiger partial charge in [-0.3, -0.25) is 4.79 Å². The highest BCUT2D eigenvalue weighted by molar-refractivity contribution is 7.80. The molecule has 24 heavy (non-hydrogen) atoms. The molecular weight excluding hydrogens is 324 g/mol. The van der Waals surface area contributed by atoms with Crippen LogP contribution in [0, 0.1) is 0 Å². The highest BCUT2D eigenvalue weighted by Crippen LogP contribution is 2.11. The van der Waals surface area contributed by atoms with Gasteiger partial charge in [0.25, 0.3) is 0 Å². The van der Waals surface area contributed by atoms with Gasteiger partial charge in [0.2, 0.25) is 5.91 Å². The molecule has 0 bridgehead atoms. The number of nitrogens with one attached hydrogen (secondary N) is 2. The lowest BCUT2D eigenvalue weighted by atomic mass is 10.1. The van der Waals surface area contributed by atoms with Crippen molar-refractivity contribution in [3.8, 4) is 0 Å². The van der Waals surface area contributed by atoms with Gasteiger partial charge in [-0.1, -0.05) is 36.4 Å². The molecule has 0 aromatic heterocycles. The molecule has 0 saturated carbocycles. The number of aryl methyl sites for hydroxylation is 1. The predicted molar refractivity (Wildman–Crippen MR) is 96.9 cm³/mol. The number of hydrogen-bond donors (Lipinski definition) is 2. The number of hydrogen-bond acceptors (Lipinski definition) is 4. The topological polar surface area (TPSA) is 67.4 Å². The maximum atomic E-state index is 11.9. The Morgan fingerprint density at radius 2 is 1.83 bits per heavy atom. The third-order valence-electron chi connectivity index (χ3n) is 3.28. The van der Waals surface area contributed by atoms with E-state index in [0.717, 1.165) is 5.56 Å². The number of ether oxygens (including phenoxy) is 1. The fourth-order valence-corrected chi connectivity index (χ4v) is 2.33. The van der Waals surface area contributed by atoms with Crippen molar-refractivity contribution < 1.29 is 14.3 Å². The third-order valence-corrected chi connectivity index (χ3v) is 3.48. The zero-order chi connectivity index (χ0) is 17.4. The van der Waals surface area contributed by atoms with Crippen molar-refractivity contribution in [2.45, 2.75) is 12.8 Å². The monoisotopic (exact) mass is 342 g/mol. The van der Waals surface area contributed by atoms with Gasteiger partial charge in [0.1, 0.15) is 0 Å². The molecule has 2 aromatic rings. The summed E-state index contributed by atoms with van der Waals surface area (Å²) in [5, 5.41) is 5.70. The second-order valence-electron chi connectivity index (χ2n) is 5.06. The minimum Gasteiger partial charge on any atom is -0.465 e. The Morgan fingerprint density at radius 3 is 2.54 bits per heavy atom. The summed E-state index contributed by atoms with van der Waals surface area (Å²) < 4.78 is 4.67. The van der Waals surface area contributed by atoms with E-state index in [1.807, 2.05) is 30.3 Å². The summed E-state index contributed by atoms with van der Waals surface area (Å²) in [5.74, 6) is -0.600. The molecule has 0 heterocycles. The van der Waals surface area contributed by atoms with E-state index >= 15 is 0 Å². The molecule has 0 saturated heterocycles. The zero-order valence-corrected chi connectivity index (χ0v) is 14.1. The van der Waals surface area contributed by atoms with E-state index in [9.17, 15) is 9.59 Å². The minimum absolute atomic E-state index is 0.166. The molecule has 0 radical (unpaired) electrons. The largest absolute Gasteiger partial charge is 0.465 e. The molecule has 0 fully saturated rings. The standard InChI is InChI=1S/C18H18N2O3S/c1-23-17(22)14-8-5-9-15(12-14)19-18(24)20-16(21)11-10-13-6-3-2-4-7-13/h2-9,12H,10-11H2,1H3,(H2,19,20,21,24). The number of anilines is 1. The first-order valence-corrected chi connectivity index (χ1v) is 7.82. The Balaban J connectivity index is 1.84. The van der Waals surface area contributed by atoms with Crippen LogP contribution in [0.3, 0.4) is 0 Å². The smallest absolute Gasteiger partial charge is 0.337 e. The molecule has 2 aromatic carbocycles. The molecular formula is C18H18N2O3S. The van der Waals surface area contributed by atoms with Crippen LogP contribution < -0.4 is 10.6 Å². The number of carbonyl (C=O) groups is 2. The first-order valence-electron chi connectivity index (χ1n) is 7.41. The van der Waals surface area contributed by atoms with Crippen LogP contribution >= 0.6 is 12.2 Å². The maximum Gasteiger partial charge on any atom is 0.337 e. The van der Waals surface area contributed by atoms with Crippen LogP contribution in [0.5, 0.6) is 0 Å². The summed E-state index contributed by atoms with van der Waals surface area (Å²) in [6.07, 6.45) is 0.987. The Kier molecular flexibility index (Phi) is 6.45. The van der Waals surface area contributed by atoms with Crippen molar-refractivity contribution in [2.75, 3.05) is 12.4 Å². The van der Waals surface area contributed by atoms with Gasteiger partial charge in [0, 0.05) is 12.1 Å². The molecule has 2 rings (SSSR count). The molecule has 0 aliphatic heterocycles. The van der Waals surface area contributed by atoms with Crippen molar-refractivity contribution in [3.63, 3.8) is 0 Å². The summed E-state index contributed by atoms with van der Waals surface area (Å²) >= 11 is 5.12. The van der Waals surface area contributed by atoms with E-state index in [1.54, 1.807) is 24.3 Å². The highest BCUT2D eigenvalue weighted by Gasteiger charge is 2.08. The van der Waals surface area contributed by atoms with Gasteiger partial charge in [-0.2, -0.15) is 0 Å². The zero-order valence-electron chi connectivity index (χ0n) is 13.2. The van der Waals surface area contributed by atoms with Crippen LogP contribution in [-0.2, 0) is 16.0 Å². The van der Waals surface area contributed by atoms with Crippen molar-refractivity contribution in [2.24, 2.45) is 0 Å². The summed E-state index contributed by atoms with van der Waals surface area (Å²) in [4.78, 5) is 23.4. The number of esters is 1. The van der Waals surface area contributed by atoms with Gasteiger partial charge in [0.15, 0.2) is 5.11 Å². The number of benzene rings is 2. The molecule has 0 aliphatic rings. The molecule has 0 atom stereocenters. The lowest BCUT2D eigenvalue weighted by Gasteiger charge is -2.10. The van der Waals surface area contributed by atoms with Gasteiger partial charge < -0.3 is 15.4 Å². The van der Waals surface area contributed by atoms with E-state index in [2.05, 4.69) is 15.4 Å². The lowest BCUT2D eigenvalue weighted by Crippen LogP contribution is -2.34. The fraction of sp³-hybridized carbons (Fsp3) is 0.167. The van der Waals surface area contributed by atoms with Crippen molar-refractivity contribution in [3.05, 3.63) is 65.7 Å². The van der Waals surface area contributed by atoms with Crippen molar-refractivity contribution >= 4 is 34.9 Å². The molecule has 2 N–H and O–H groups in total. The lowest BCUT2D eigenvalue weighted by molar-refractivity contribution is -0.119. The molecule has 124 valence electrons. The second-order valence-corrected chi connectivity index (χ2v) is 5.47. The Hall–Kier alpha value is -2.73. The number of methoxy groups -OCH3 is 1. The van der Waals surface area contributed by atoms with Gasteiger partial charge in [0.05, 0.1) is 12.7 Å². The van der Waals surface area contributed by atoms with E-state index in [4.69, 9.17) is 12.2 Å². The summed E-state index contributed by atoms with van der Waals surface area (Å²) in [6.45, 7) is 0. The average Bonchev–Trinajstić information content (AvgIpc) is 2.60. The van der Waals surface area contributed by atoms with Gasteiger partial charge in [-0.05, 0) is 42.4 Å². The van der Waals surface area contributed by atoms with Crippen LogP contribution in [0.15, 0.2) is 54.6 Å². The Bertz CT molecular complexity index is 732. The van der Waals surface area contributed by atoms with Crippen LogP contribution in [-0.4, -0.2) is 24.1 Å². The number of thiocarbonyl (C=S) groups is 1. The van der Waals surface area contributed by atoms with E-state index in [-0.39, 0.29) is 11.0 Å². The van der Waals surface area contributed by atoms with Crippen molar-refractivity contribution in [1.82, 2.24) is 5.32 Å². The molecule has 1 amide bonds. The van der Waals surface area contributed by atoms with E-state index in [1.165, 1.54) is 7.11 Å². The first-order chi connectivity index (χ1) is 11.6. The van der Waals surface area contributed by atoms with Crippen LogP contribution in [0.2, 0.25) is 0 Å². The Labute approximate surface area is 146 Å². The minimum atomic E-state index is -0.434. The molecule has 5 nitrogen and oxygen atoms in total. The first kappa shape index (κ1) is 17.6. The quantitative estimate of drug-likeness (QED) is 0.646. The normalized spacial score (nSPS) is 9.88. The highest BCUT2D eigenvalue weighted by atomic mass is 32.1. The summed E-state index contributed by atoms with van der Waals surface area (Å²) in [5.41, 5.74) is 2.10. The maximum absolute atomic E-state index is 11.9.